The molecule has 0 aromatic carbocycles. The van der Waals surface area contributed by atoms with Crippen LogP contribution >= 0.6 is 0 Å². The van der Waals surface area contributed by atoms with Crippen LogP contribution < -0.4 is 10.6 Å². The molecule has 2 aromatic rings. The largest absolute Gasteiger partial charge is 0.344 e. The van der Waals surface area contributed by atoms with Gasteiger partial charge in [0, 0.05) is 25.0 Å². The van der Waals surface area contributed by atoms with E-state index in [0.29, 0.717) is 24.2 Å². The Morgan fingerprint density at radius 1 is 1.50 bits per heavy atom. The minimum atomic E-state index is -0.437. The van der Waals surface area contributed by atoms with Gasteiger partial charge in [0.25, 0.3) is 0 Å². The zero-order valence-electron chi connectivity index (χ0n) is 9.59. The number of anilines is 1. The molecule has 0 saturated carbocycles. The van der Waals surface area contributed by atoms with E-state index in [1.165, 1.54) is 0 Å². The molecule has 1 fully saturated rings. The predicted octanol–water partition coefficient (Wildman–Crippen LogP) is 0.551. The Morgan fingerprint density at radius 3 is 3.17 bits per heavy atom. The second-order valence-electron chi connectivity index (χ2n) is 4.23. The van der Waals surface area contributed by atoms with E-state index in [4.69, 9.17) is 0 Å². The van der Waals surface area contributed by atoms with Gasteiger partial charge in [-0.2, -0.15) is 0 Å². The second kappa shape index (κ2) is 4.14. The van der Waals surface area contributed by atoms with Crippen LogP contribution in [0.5, 0.6) is 0 Å². The fourth-order valence-electron chi connectivity index (χ4n) is 2.08. The van der Waals surface area contributed by atoms with Crippen LogP contribution in [0.15, 0.2) is 30.7 Å². The number of carbonyl (C=O) groups is 2. The number of nitrogens with zero attached hydrogens (tertiary/aromatic N) is 2. The fourth-order valence-corrected chi connectivity index (χ4v) is 2.08. The zero-order chi connectivity index (χ0) is 12.5. The van der Waals surface area contributed by atoms with Crippen LogP contribution in [-0.2, 0) is 9.59 Å². The number of nitrogens with one attached hydrogen (secondary N) is 2. The Bertz CT molecular complexity index is 619. The van der Waals surface area contributed by atoms with Gasteiger partial charge < -0.3 is 15.0 Å². The molecule has 0 aliphatic carbocycles. The van der Waals surface area contributed by atoms with Crippen LogP contribution in [0.1, 0.15) is 12.8 Å². The number of rotatable bonds is 2. The van der Waals surface area contributed by atoms with Crippen molar-refractivity contribution in [3.8, 4) is 0 Å². The van der Waals surface area contributed by atoms with Gasteiger partial charge in [-0.15, -0.1) is 0 Å². The summed E-state index contributed by atoms with van der Waals surface area (Å²) >= 11 is 0. The highest BCUT2D eigenvalue weighted by Crippen LogP contribution is 2.16. The molecule has 3 rings (SSSR count). The number of imidazole rings is 1. The summed E-state index contributed by atoms with van der Waals surface area (Å²) in [4.78, 5) is 27.2. The lowest BCUT2D eigenvalue weighted by Gasteiger charge is -2.11. The van der Waals surface area contributed by atoms with E-state index in [2.05, 4.69) is 15.6 Å². The van der Waals surface area contributed by atoms with Crippen molar-refractivity contribution in [1.29, 1.82) is 0 Å². The van der Waals surface area contributed by atoms with Crippen molar-refractivity contribution in [2.75, 3.05) is 5.32 Å². The van der Waals surface area contributed by atoms with Crippen molar-refractivity contribution in [2.24, 2.45) is 0 Å². The van der Waals surface area contributed by atoms with Crippen LogP contribution in [0.4, 0.5) is 5.69 Å². The summed E-state index contributed by atoms with van der Waals surface area (Å²) in [5.41, 5.74) is 1.34. The lowest BCUT2D eigenvalue weighted by atomic mass is 10.2. The van der Waals surface area contributed by atoms with Gasteiger partial charge in [-0.1, -0.05) is 0 Å². The van der Waals surface area contributed by atoms with Gasteiger partial charge in [0.15, 0.2) is 5.65 Å². The topological polar surface area (TPSA) is 75.5 Å². The smallest absolute Gasteiger partial charge is 0.247 e. The molecule has 1 unspecified atom stereocenters. The summed E-state index contributed by atoms with van der Waals surface area (Å²) in [5.74, 6) is -0.272. The summed E-state index contributed by atoms with van der Waals surface area (Å²) in [7, 11) is 0. The fraction of sp³-hybridized carbons (Fsp3) is 0.250. The van der Waals surface area contributed by atoms with Crippen LogP contribution in [0, 0.1) is 0 Å². The second-order valence-corrected chi connectivity index (χ2v) is 4.23. The van der Waals surface area contributed by atoms with Gasteiger partial charge in [0.1, 0.15) is 6.04 Å². The Balaban J connectivity index is 1.82. The first-order valence-electron chi connectivity index (χ1n) is 5.76. The third-order valence-electron chi connectivity index (χ3n) is 2.99. The van der Waals surface area contributed by atoms with E-state index in [1.807, 2.05) is 22.9 Å². The van der Waals surface area contributed by atoms with E-state index < -0.39 is 6.04 Å². The average Bonchev–Trinajstić information content (AvgIpc) is 2.97. The first-order chi connectivity index (χ1) is 8.74. The Kier molecular flexibility index (Phi) is 2.47. The molecule has 2 aromatic heterocycles. The van der Waals surface area contributed by atoms with Crippen LogP contribution in [0.25, 0.3) is 5.65 Å². The summed E-state index contributed by atoms with van der Waals surface area (Å²) in [6, 6.07) is 3.18. The van der Waals surface area contributed by atoms with Gasteiger partial charge in [0.2, 0.25) is 11.8 Å². The maximum Gasteiger partial charge on any atom is 0.247 e. The van der Waals surface area contributed by atoms with Gasteiger partial charge in [-0.3, -0.25) is 9.59 Å². The molecule has 0 bridgehead atoms. The van der Waals surface area contributed by atoms with Crippen molar-refractivity contribution in [3.05, 3.63) is 30.7 Å². The monoisotopic (exact) mass is 244 g/mol. The van der Waals surface area contributed by atoms with E-state index in [-0.39, 0.29) is 11.8 Å². The van der Waals surface area contributed by atoms with Crippen LogP contribution in [0.3, 0.4) is 0 Å². The molecule has 1 aliphatic rings. The highest BCUT2D eigenvalue weighted by atomic mass is 16.2. The van der Waals surface area contributed by atoms with Crippen molar-refractivity contribution >= 4 is 23.1 Å². The van der Waals surface area contributed by atoms with Gasteiger partial charge in [-0.05, 0) is 18.6 Å². The van der Waals surface area contributed by atoms with E-state index in [9.17, 15) is 9.59 Å². The molecule has 0 spiro atoms. The minimum absolute atomic E-state index is 0.0748. The molecule has 92 valence electrons. The summed E-state index contributed by atoms with van der Waals surface area (Å²) in [6.45, 7) is 0. The molecule has 1 saturated heterocycles. The van der Waals surface area contributed by atoms with Crippen molar-refractivity contribution in [2.45, 2.75) is 18.9 Å². The molecule has 2 N–H and O–H groups in total. The zero-order valence-corrected chi connectivity index (χ0v) is 9.59. The maximum atomic E-state index is 12.0. The lowest BCUT2D eigenvalue weighted by Crippen LogP contribution is -2.37. The number of hydrogen-bond donors (Lipinski definition) is 2. The highest BCUT2D eigenvalue weighted by Gasteiger charge is 2.27. The number of hydrogen-bond acceptors (Lipinski definition) is 3. The Hall–Kier alpha value is -2.37. The molecular weight excluding hydrogens is 232 g/mol. The molecule has 18 heavy (non-hydrogen) atoms. The molecule has 1 aliphatic heterocycles. The summed E-state index contributed by atoms with van der Waals surface area (Å²) in [5, 5.41) is 5.43. The van der Waals surface area contributed by atoms with Gasteiger partial charge in [0.05, 0.1) is 5.69 Å². The molecule has 1 atom stereocenters. The molecule has 6 heteroatoms. The number of carbonyl (C=O) groups excluding carboxylic acids is 2. The lowest BCUT2D eigenvalue weighted by molar-refractivity contribution is -0.122. The van der Waals surface area contributed by atoms with Gasteiger partial charge >= 0.3 is 0 Å². The average molecular weight is 244 g/mol. The molecular formula is C12H12N4O2. The molecule has 6 nitrogen and oxygen atoms in total. The number of amides is 2. The van der Waals surface area contributed by atoms with Gasteiger partial charge in [-0.25, -0.2) is 4.98 Å². The Morgan fingerprint density at radius 2 is 2.39 bits per heavy atom. The van der Waals surface area contributed by atoms with Crippen LogP contribution in [-0.4, -0.2) is 27.2 Å². The first kappa shape index (κ1) is 10.8. The third-order valence-corrected chi connectivity index (χ3v) is 2.99. The number of pyridine rings is 1. The van der Waals surface area contributed by atoms with Crippen LogP contribution in [0.2, 0.25) is 0 Å². The predicted molar refractivity (Wildman–Crippen MR) is 65.0 cm³/mol. The number of aromatic nitrogens is 2. The standard InChI is InChI=1S/C12H12N4O2/c17-10-4-3-9(14-10)12(18)15-8-2-1-6-16-7-5-13-11(8)16/h1-2,5-7,9H,3-4H2,(H,14,17)(H,15,18). The van der Waals surface area contributed by atoms with Crippen molar-refractivity contribution in [1.82, 2.24) is 14.7 Å². The normalized spacial score (nSPS) is 18.9. The summed E-state index contributed by atoms with van der Waals surface area (Å²) in [6.07, 6.45) is 6.29. The Labute approximate surface area is 103 Å². The molecule has 3 heterocycles. The van der Waals surface area contributed by atoms with E-state index in [1.54, 1.807) is 12.3 Å². The SMILES string of the molecule is O=C1CCC(C(=O)Nc2cccn3ccnc23)N1. The summed E-state index contributed by atoms with van der Waals surface area (Å²) < 4.78 is 1.82. The minimum Gasteiger partial charge on any atom is -0.344 e. The number of fused-ring (bicyclic) bond motifs is 1. The van der Waals surface area contributed by atoms with E-state index >= 15 is 0 Å². The van der Waals surface area contributed by atoms with Crippen molar-refractivity contribution in [3.63, 3.8) is 0 Å². The highest BCUT2D eigenvalue weighted by molar-refractivity contribution is 6.00. The van der Waals surface area contributed by atoms with Crippen molar-refractivity contribution < 1.29 is 9.59 Å². The first-order valence-corrected chi connectivity index (χ1v) is 5.76. The quantitative estimate of drug-likeness (QED) is 0.810. The molecule has 0 radical (unpaired) electrons. The maximum absolute atomic E-state index is 12.0. The molecule has 2 amide bonds. The van der Waals surface area contributed by atoms with E-state index in [0.717, 1.165) is 0 Å². The third kappa shape index (κ3) is 1.81.